The van der Waals surface area contributed by atoms with Gasteiger partial charge in [-0.1, -0.05) is 11.8 Å². The van der Waals surface area contributed by atoms with E-state index in [4.69, 9.17) is 5.73 Å². The number of nitrogens with zero attached hydrogens (tertiary/aromatic N) is 1. The molecule has 4 unspecified atom stereocenters. The molecule has 2 fully saturated rings. The second-order valence-electron chi connectivity index (χ2n) is 9.90. The molecule has 6 N–H and O–H groups in total. The van der Waals surface area contributed by atoms with Gasteiger partial charge in [0.05, 0.1) is 17.6 Å². The standard InChI is InChI=1S/C25H28N2O8/c1-10(28)4-5-11-6-7-15(29)17-13(11)8-12-9-14-19(27(2)3)21(31)18(24(26)34)23(33)25(14,35)22(32)16(12)20(17)30/h6-7,10,12,14,16,18-19,21,28-29,31,35H,8-9H2,1-3H3,(H2,26,34)/t10?,12-,14-,16?,18?,19-,21?,25-/m1/s1. The Kier molecular flexibility index (Phi) is 6.10. The molecule has 0 heterocycles. The molecule has 2 saturated carbocycles. The lowest BCUT2D eigenvalue weighted by atomic mass is 9.52. The van der Waals surface area contributed by atoms with Crippen molar-refractivity contribution < 1.29 is 39.6 Å². The van der Waals surface area contributed by atoms with Gasteiger partial charge in [-0.05, 0) is 57.5 Å². The van der Waals surface area contributed by atoms with E-state index in [0.29, 0.717) is 11.1 Å². The molecule has 186 valence electrons. The van der Waals surface area contributed by atoms with Crippen LogP contribution in [0.15, 0.2) is 12.1 Å². The number of aliphatic hydroxyl groups excluding tert-OH is 2. The third-order valence-corrected chi connectivity index (χ3v) is 7.59. The van der Waals surface area contributed by atoms with Crippen LogP contribution in [0.2, 0.25) is 0 Å². The average Bonchev–Trinajstić information content (AvgIpc) is 2.75. The van der Waals surface area contributed by atoms with Crippen LogP contribution in [-0.2, 0) is 20.8 Å². The Morgan fingerprint density at radius 1 is 1.23 bits per heavy atom. The number of aliphatic hydroxyl groups is 3. The summed E-state index contributed by atoms with van der Waals surface area (Å²) < 4.78 is 0. The highest BCUT2D eigenvalue weighted by Crippen LogP contribution is 2.51. The van der Waals surface area contributed by atoms with Crippen molar-refractivity contribution in [2.45, 2.75) is 43.6 Å². The summed E-state index contributed by atoms with van der Waals surface area (Å²) in [6, 6.07) is 1.82. The molecule has 10 heteroatoms. The van der Waals surface area contributed by atoms with Gasteiger partial charge in [0.15, 0.2) is 23.0 Å². The predicted octanol–water partition coefficient (Wildman–Crippen LogP) is -1.61. The SMILES string of the molecule is CC(O)C#Cc1ccc(O)c2c1C[C@@H]1C[C@@H]3[C@@H](N(C)C)C(O)C(C(N)=O)C(=O)[C@]3(O)C(=O)C1C2=O. The number of nitrogens with two attached hydrogens (primary N) is 1. The van der Waals surface area contributed by atoms with Gasteiger partial charge in [0, 0.05) is 17.5 Å². The highest BCUT2D eigenvalue weighted by molar-refractivity contribution is 6.25. The summed E-state index contributed by atoms with van der Waals surface area (Å²) in [7, 11) is 3.17. The number of primary amides is 1. The summed E-state index contributed by atoms with van der Waals surface area (Å²) in [6.07, 6.45) is -2.31. The van der Waals surface area contributed by atoms with E-state index in [1.54, 1.807) is 14.1 Å². The maximum Gasteiger partial charge on any atom is 0.230 e. The maximum absolute atomic E-state index is 13.7. The Balaban J connectivity index is 1.86. The first-order chi connectivity index (χ1) is 16.3. The van der Waals surface area contributed by atoms with Gasteiger partial charge < -0.3 is 31.1 Å². The van der Waals surface area contributed by atoms with Crippen molar-refractivity contribution >= 4 is 23.3 Å². The second kappa shape index (κ2) is 8.53. The van der Waals surface area contributed by atoms with Crippen LogP contribution in [-0.4, -0.2) is 86.5 Å². The minimum absolute atomic E-state index is 0.0220. The number of phenolic OH excluding ortho intramolecular Hbond substituents is 1. The number of benzene rings is 1. The zero-order valence-electron chi connectivity index (χ0n) is 19.6. The van der Waals surface area contributed by atoms with E-state index in [1.807, 2.05) is 0 Å². The van der Waals surface area contributed by atoms with Crippen LogP contribution in [0.4, 0.5) is 0 Å². The van der Waals surface area contributed by atoms with E-state index >= 15 is 0 Å². The fraction of sp³-hybridized carbons (Fsp3) is 0.520. The normalized spacial score (nSPS) is 34.9. The quantitative estimate of drug-likeness (QED) is 0.244. The number of ketones is 3. The van der Waals surface area contributed by atoms with Gasteiger partial charge in [-0.2, -0.15) is 0 Å². The van der Waals surface area contributed by atoms with E-state index in [9.17, 15) is 39.6 Å². The number of phenols is 1. The predicted molar refractivity (Wildman–Crippen MR) is 121 cm³/mol. The van der Waals surface area contributed by atoms with Crippen LogP contribution in [0.3, 0.4) is 0 Å². The Hall–Kier alpha value is -3.10. The fourth-order valence-electron chi connectivity index (χ4n) is 6.12. The number of aromatic hydroxyl groups is 1. The highest BCUT2D eigenvalue weighted by atomic mass is 16.3. The van der Waals surface area contributed by atoms with E-state index in [0.717, 1.165) is 0 Å². The zero-order chi connectivity index (χ0) is 26.0. The van der Waals surface area contributed by atoms with Gasteiger partial charge in [-0.25, -0.2) is 0 Å². The van der Waals surface area contributed by atoms with Crippen LogP contribution in [0.1, 0.15) is 34.8 Å². The van der Waals surface area contributed by atoms with Gasteiger partial charge in [-0.15, -0.1) is 0 Å². The molecule has 1 amide bonds. The van der Waals surface area contributed by atoms with Crippen molar-refractivity contribution in [3.05, 3.63) is 28.8 Å². The molecule has 3 aliphatic rings. The first-order valence-corrected chi connectivity index (χ1v) is 11.4. The van der Waals surface area contributed by atoms with Crippen molar-refractivity contribution in [1.29, 1.82) is 0 Å². The van der Waals surface area contributed by atoms with Crippen molar-refractivity contribution in [3.63, 3.8) is 0 Å². The molecule has 0 bridgehead atoms. The number of fused-ring (bicyclic) bond motifs is 3. The largest absolute Gasteiger partial charge is 0.507 e. The number of hydrogen-bond donors (Lipinski definition) is 5. The molecule has 3 aliphatic carbocycles. The Morgan fingerprint density at radius 2 is 1.89 bits per heavy atom. The summed E-state index contributed by atoms with van der Waals surface area (Å²) in [6.45, 7) is 1.48. The van der Waals surface area contributed by atoms with Gasteiger partial charge in [0.2, 0.25) is 5.91 Å². The van der Waals surface area contributed by atoms with Crippen molar-refractivity contribution in [2.24, 2.45) is 29.4 Å². The summed E-state index contributed by atoms with van der Waals surface area (Å²) in [5.41, 5.74) is 3.38. The number of carbonyl (C=O) groups is 4. The monoisotopic (exact) mass is 484 g/mol. The second-order valence-corrected chi connectivity index (χ2v) is 9.90. The Labute approximate surface area is 201 Å². The minimum Gasteiger partial charge on any atom is -0.507 e. The molecular formula is C25H28N2O8. The molecule has 35 heavy (non-hydrogen) atoms. The fourth-order valence-corrected chi connectivity index (χ4v) is 6.12. The van der Waals surface area contributed by atoms with Crippen molar-refractivity contribution in [1.82, 2.24) is 4.90 Å². The van der Waals surface area contributed by atoms with Crippen LogP contribution >= 0.6 is 0 Å². The molecule has 4 rings (SSSR count). The lowest BCUT2D eigenvalue weighted by Crippen LogP contribution is -2.75. The molecule has 8 atom stereocenters. The molecule has 0 aromatic heterocycles. The number of carbonyl (C=O) groups excluding carboxylic acids is 4. The Morgan fingerprint density at radius 3 is 2.46 bits per heavy atom. The van der Waals surface area contributed by atoms with Crippen LogP contribution in [0.25, 0.3) is 0 Å². The maximum atomic E-state index is 13.7. The van der Waals surface area contributed by atoms with Gasteiger partial charge >= 0.3 is 0 Å². The third-order valence-electron chi connectivity index (χ3n) is 7.59. The topological polar surface area (TPSA) is 178 Å². The van der Waals surface area contributed by atoms with Crippen LogP contribution in [0.5, 0.6) is 5.75 Å². The van der Waals surface area contributed by atoms with Gasteiger partial charge in [0.1, 0.15) is 17.8 Å². The molecule has 0 spiro atoms. The van der Waals surface area contributed by atoms with E-state index in [1.165, 1.54) is 24.0 Å². The van der Waals surface area contributed by atoms with E-state index < -0.39 is 70.8 Å². The number of likely N-dealkylation sites (N-methyl/N-ethyl adjacent to an activating group) is 1. The molecule has 10 nitrogen and oxygen atoms in total. The lowest BCUT2D eigenvalue weighted by Gasteiger charge is -2.54. The Bertz CT molecular complexity index is 1200. The minimum atomic E-state index is -2.69. The van der Waals surface area contributed by atoms with Gasteiger partial charge in [-0.3, -0.25) is 19.2 Å². The smallest absolute Gasteiger partial charge is 0.230 e. The molecule has 0 radical (unpaired) electrons. The first-order valence-electron chi connectivity index (χ1n) is 11.4. The molecule has 1 aromatic carbocycles. The molecule has 0 saturated heterocycles. The van der Waals surface area contributed by atoms with Gasteiger partial charge in [0.25, 0.3) is 0 Å². The summed E-state index contributed by atoms with van der Waals surface area (Å²) in [4.78, 5) is 54.1. The molecule has 1 aromatic rings. The average molecular weight is 485 g/mol. The summed E-state index contributed by atoms with van der Waals surface area (Å²) in [5.74, 6) is -4.11. The number of Topliss-reactive ketones (excluding diaryl/α,β-unsaturated/α-hetero) is 3. The van der Waals surface area contributed by atoms with Crippen LogP contribution < -0.4 is 5.73 Å². The van der Waals surface area contributed by atoms with Crippen molar-refractivity contribution in [3.8, 4) is 17.6 Å². The van der Waals surface area contributed by atoms with Crippen molar-refractivity contribution in [2.75, 3.05) is 14.1 Å². The van der Waals surface area contributed by atoms with Crippen LogP contribution in [0, 0.1) is 35.5 Å². The lowest BCUT2D eigenvalue weighted by molar-refractivity contribution is -0.190. The summed E-state index contributed by atoms with van der Waals surface area (Å²) >= 11 is 0. The number of amides is 1. The number of rotatable bonds is 2. The molecular weight excluding hydrogens is 456 g/mol. The number of hydrogen-bond acceptors (Lipinski definition) is 9. The van der Waals surface area contributed by atoms with E-state index in [2.05, 4.69) is 11.8 Å². The van der Waals surface area contributed by atoms with E-state index in [-0.39, 0.29) is 24.2 Å². The third kappa shape index (κ3) is 3.58. The highest BCUT2D eigenvalue weighted by Gasteiger charge is 2.69. The molecule has 0 aliphatic heterocycles. The summed E-state index contributed by atoms with van der Waals surface area (Å²) in [5, 5.41) is 42.4. The first kappa shape index (κ1) is 25.0. The zero-order valence-corrected chi connectivity index (χ0v) is 19.6.